The van der Waals surface area contributed by atoms with E-state index in [1.54, 1.807) is 32.4 Å². The zero-order chi connectivity index (χ0) is 22.6. The highest BCUT2D eigenvalue weighted by molar-refractivity contribution is 6.33. The summed E-state index contributed by atoms with van der Waals surface area (Å²) in [5.41, 5.74) is -0.373. The number of aliphatic carboxylic acids is 1. The molecule has 4 fully saturated rings. The molecule has 4 saturated carbocycles. The Balaban J connectivity index is 1.55. The first-order valence-corrected chi connectivity index (χ1v) is 11.2. The summed E-state index contributed by atoms with van der Waals surface area (Å²) < 4.78 is 12.0. The lowest BCUT2D eigenvalue weighted by molar-refractivity contribution is -0.168. The Kier molecular flexibility index (Phi) is 5.08. The van der Waals surface area contributed by atoms with E-state index in [1.807, 2.05) is 0 Å². The van der Waals surface area contributed by atoms with Crippen LogP contribution in [0, 0.1) is 23.7 Å². The second-order valence-corrected chi connectivity index (χ2v) is 9.69. The number of benzene rings is 1. The van der Waals surface area contributed by atoms with E-state index in [1.165, 1.54) is 10.9 Å². The van der Waals surface area contributed by atoms with Gasteiger partial charge in [0.15, 0.2) is 0 Å². The number of carboxylic acid groups (broad SMARTS) is 1. The standard InChI is InChI=1S/C23H26ClN3O5/c1-31-15-3-4-18(32-2)16(8-15)26-17-11-25-27(21(28)20(17)24)23-9-12-5-13(10-23)7-14(6-12)19(23)22(29)30/h3-4,8,11-14,19,26H,5-7,9-10H2,1-2H3,(H,29,30)/t12-,13+,14?,19-,23?/m0/s1. The predicted molar refractivity (Wildman–Crippen MR) is 119 cm³/mol. The van der Waals surface area contributed by atoms with Gasteiger partial charge in [0.25, 0.3) is 5.56 Å². The van der Waals surface area contributed by atoms with E-state index in [0.29, 0.717) is 47.6 Å². The van der Waals surface area contributed by atoms with Gasteiger partial charge in [-0.05, 0) is 62.0 Å². The van der Waals surface area contributed by atoms with E-state index >= 15 is 0 Å². The minimum atomic E-state index is -0.845. The molecule has 9 heteroatoms. The van der Waals surface area contributed by atoms with Gasteiger partial charge in [-0.3, -0.25) is 9.59 Å². The van der Waals surface area contributed by atoms with Crippen molar-refractivity contribution in [3.63, 3.8) is 0 Å². The number of aromatic nitrogens is 2. The molecule has 8 nitrogen and oxygen atoms in total. The van der Waals surface area contributed by atoms with Gasteiger partial charge in [0.2, 0.25) is 0 Å². The Morgan fingerprint density at radius 1 is 1.19 bits per heavy atom. The van der Waals surface area contributed by atoms with Gasteiger partial charge in [0.1, 0.15) is 16.5 Å². The molecule has 1 aromatic carbocycles. The maximum Gasteiger partial charge on any atom is 0.309 e. The Morgan fingerprint density at radius 3 is 2.53 bits per heavy atom. The van der Waals surface area contributed by atoms with E-state index in [2.05, 4.69) is 10.4 Å². The lowest BCUT2D eigenvalue weighted by atomic mass is 9.48. The van der Waals surface area contributed by atoms with Crippen molar-refractivity contribution in [2.45, 2.75) is 37.6 Å². The van der Waals surface area contributed by atoms with E-state index in [0.717, 1.165) is 19.3 Å². The Hall–Kier alpha value is -2.74. The Labute approximate surface area is 190 Å². The van der Waals surface area contributed by atoms with Gasteiger partial charge < -0.3 is 19.9 Å². The third-order valence-corrected chi connectivity index (χ3v) is 7.92. The van der Waals surface area contributed by atoms with Gasteiger partial charge in [-0.25, -0.2) is 4.68 Å². The number of hydrogen-bond donors (Lipinski definition) is 2. The van der Waals surface area contributed by atoms with Crippen molar-refractivity contribution < 1.29 is 19.4 Å². The van der Waals surface area contributed by atoms with E-state index in [-0.39, 0.29) is 10.9 Å². The highest BCUT2D eigenvalue weighted by atomic mass is 35.5. The average molecular weight is 460 g/mol. The van der Waals surface area contributed by atoms with Crippen LogP contribution < -0.4 is 20.3 Å². The van der Waals surface area contributed by atoms with Gasteiger partial charge in [-0.15, -0.1) is 0 Å². The number of rotatable bonds is 6. The highest BCUT2D eigenvalue weighted by Crippen LogP contribution is 2.61. The normalized spacial score (nSPS) is 30.2. The van der Waals surface area contributed by atoms with Crippen molar-refractivity contribution in [3.05, 3.63) is 39.8 Å². The van der Waals surface area contributed by atoms with E-state index < -0.39 is 23.0 Å². The summed E-state index contributed by atoms with van der Waals surface area (Å²) in [5.74, 6) is 0.673. The Morgan fingerprint density at radius 2 is 1.91 bits per heavy atom. The first kappa shape index (κ1) is 21.1. The summed E-state index contributed by atoms with van der Waals surface area (Å²) in [7, 11) is 3.11. The number of halogens is 1. The topological polar surface area (TPSA) is 103 Å². The molecule has 4 aliphatic carbocycles. The van der Waals surface area contributed by atoms with Crippen LogP contribution in [0.1, 0.15) is 32.1 Å². The van der Waals surface area contributed by atoms with Crippen LogP contribution in [-0.4, -0.2) is 35.1 Å². The summed E-state index contributed by atoms with van der Waals surface area (Å²) in [5, 5.41) is 17.6. The van der Waals surface area contributed by atoms with Gasteiger partial charge in [-0.1, -0.05) is 11.6 Å². The summed E-state index contributed by atoms with van der Waals surface area (Å²) in [6.07, 6.45) is 5.79. The number of carbonyl (C=O) groups is 1. The Bertz CT molecular complexity index is 1120. The van der Waals surface area contributed by atoms with Crippen molar-refractivity contribution in [1.82, 2.24) is 9.78 Å². The fourth-order valence-electron chi connectivity index (χ4n) is 6.63. The van der Waals surface area contributed by atoms with Crippen molar-refractivity contribution in [2.24, 2.45) is 23.7 Å². The van der Waals surface area contributed by atoms with Crippen LogP contribution in [0.25, 0.3) is 0 Å². The quantitative estimate of drug-likeness (QED) is 0.675. The lowest BCUT2D eigenvalue weighted by Gasteiger charge is -2.59. The van der Waals surface area contributed by atoms with Crippen LogP contribution in [0.5, 0.6) is 11.5 Å². The zero-order valence-corrected chi connectivity index (χ0v) is 18.8. The number of carboxylic acids is 1. The average Bonchev–Trinajstić information content (AvgIpc) is 2.75. The van der Waals surface area contributed by atoms with E-state index in [4.69, 9.17) is 21.1 Å². The smallest absolute Gasteiger partial charge is 0.309 e. The summed E-state index contributed by atoms with van der Waals surface area (Å²) >= 11 is 6.53. The molecular weight excluding hydrogens is 434 g/mol. The number of hydrogen-bond acceptors (Lipinski definition) is 6. The fourth-order valence-corrected chi connectivity index (χ4v) is 6.80. The first-order chi connectivity index (χ1) is 15.4. The maximum atomic E-state index is 13.4. The maximum absolute atomic E-state index is 13.4. The molecule has 0 spiro atoms. The molecule has 2 unspecified atom stereocenters. The minimum absolute atomic E-state index is 0.0234. The molecule has 1 aromatic heterocycles. The van der Waals surface area contributed by atoms with Crippen LogP contribution in [0.3, 0.4) is 0 Å². The van der Waals surface area contributed by atoms with Crippen molar-refractivity contribution in [3.8, 4) is 11.5 Å². The number of nitrogens with zero attached hydrogens (tertiary/aromatic N) is 2. The highest BCUT2D eigenvalue weighted by Gasteiger charge is 2.61. The second kappa shape index (κ2) is 7.69. The molecule has 5 atom stereocenters. The van der Waals surface area contributed by atoms with Crippen LogP contribution >= 0.6 is 11.6 Å². The molecule has 0 radical (unpaired) electrons. The predicted octanol–water partition coefficient (Wildman–Crippen LogP) is 3.89. The second-order valence-electron chi connectivity index (χ2n) is 9.31. The summed E-state index contributed by atoms with van der Waals surface area (Å²) in [6.45, 7) is 0. The summed E-state index contributed by atoms with van der Waals surface area (Å²) in [4.78, 5) is 25.7. The van der Waals surface area contributed by atoms with Gasteiger partial charge >= 0.3 is 5.97 Å². The van der Waals surface area contributed by atoms with Gasteiger partial charge in [0, 0.05) is 6.07 Å². The number of nitrogens with one attached hydrogen (secondary N) is 1. The van der Waals surface area contributed by atoms with Gasteiger partial charge in [0.05, 0.1) is 43.2 Å². The largest absolute Gasteiger partial charge is 0.497 e. The van der Waals surface area contributed by atoms with Crippen molar-refractivity contribution in [2.75, 3.05) is 19.5 Å². The molecule has 4 bridgehead atoms. The molecular formula is C23H26ClN3O5. The third kappa shape index (κ3) is 3.15. The SMILES string of the molecule is COc1ccc(OC)c(Nc2cnn(C34C[C@@H]5CC(C[C@@H](C5)C3)[C@H]4C(=O)O)c(=O)c2Cl)c1. The third-order valence-electron chi connectivity index (χ3n) is 7.56. The fraction of sp³-hybridized carbons (Fsp3) is 0.522. The first-order valence-electron chi connectivity index (χ1n) is 10.9. The summed E-state index contributed by atoms with van der Waals surface area (Å²) in [6, 6.07) is 5.25. The monoisotopic (exact) mass is 459 g/mol. The van der Waals surface area contributed by atoms with Gasteiger partial charge in [-0.2, -0.15) is 5.10 Å². The van der Waals surface area contributed by atoms with Crippen molar-refractivity contribution >= 4 is 28.9 Å². The number of methoxy groups -OCH3 is 2. The molecule has 32 heavy (non-hydrogen) atoms. The molecule has 0 saturated heterocycles. The molecule has 170 valence electrons. The lowest BCUT2D eigenvalue weighted by Crippen LogP contribution is -2.63. The molecule has 6 rings (SSSR count). The zero-order valence-electron chi connectivity index (χ0n) is 18.0. The van der Waals surface area contributed by atoms with E-state index in [9.17, 15) is 14.7 Å². The molecule has 1 heterocycles. The number of anilines is 2. The van der Waals surface area contributed by atoms with Crippen LogP contribution in [-0.2, 0) is 10.3 Å². The molecule has 0 aliphatic heterocycles. The number of ether oxygens (including phenoxy) is 2. The minimum Gasteiger partial charge on any atom is -0.497 e. The van der Waals surface area contributed by atoms with Crippen molar-refractivity contribution in [1.29, 1.82) is 0 Å². The van der Waals surface area contributed by atoms with Crippen LogP contribution in [0.15, 0.2) is 29.2 Å². The molecule has 2 N–H and O–H groups in total. The van der Waals surface area contributed by atoms with Crippen LogP contribution in [0.2, 0.25) is 5.02 Å². The molecule has 4 aliphatic rings. The molecule has 0 amide bonds. The molecule has 2 aromatic rings. The van der Waals surface area contributed by atoms with Crippen LogP contribution in [0.4, 0.5) is 11.4 Å².